The first kappa shape index (κ1) is 12.4. The molecule has 96 valence electrons. The van der Waals surface area contributed by atoms with Gasteiger partial charge in [0.05, 0.1) is 12.1 Å². The number of ketones is 1. The van der Waals surface area contributed by atoms with Crippen molar-refractivity contribution in [2.45, 2.75) is 19.3 Å². The lowest BCUT2D eigenvalue weighted by molar-refractivity contribution is 0.0982. The van der Waals surface area contributed by atoms with Crippen LogP contribution in [0.3, 0.4) is 0 Å². The molecule has 0 saturated carbocycles. The lowest BCUT2D eigenvalue weighted by Crippen LogP contribution is -2.20. The minimum absolute atomic E-state index is 0.0208. The Morgan fingerprint density at radius 2 is 1.75 bits per heavy atom. The molecule has 0 radical (unpaired) electrons. The Morgan fingerprint density at radius 3 is 2.35 bits per heavy atom. The van der Waals surface area contributed by atoms with Gasteiger partial charge in [0.15, 0.2) is 5.78 Å². The van der Waals surface area contributed by atoms with Gasteiger partial charge in [-0.2, -0.15) is 10.5 Å². The Morgan fingerprint density at radius 1 is 1.15 bits per heavy atom. The van der Waals surface area contributed by atoms with E-state index in [9.17, 15) is 15.3 Å². The average molecular weight is 260 g/mol. The van der Waals surface area contributed by atoms with Gasteiger partial charge in [-0.3, -0.25) is 4.79 Å². The van der Waals surface area contributed by atoms with Crippen LogP contribution < -0.4 is 0 Å². The van der Waals surface area contributed by atoms with Crippen molar-refractivity contribution in [1.29, 1.82) is 10.5 Å². The summed E-state index contributed by atoms with van der Waals surface area (Å²) in [5, 5.41) is 20.6. The molecule has 2 aromatic carbocycles. The van der Waals surface area contributed by atoms with Crippen LogP contribution in [0.5, 0.6) is 0 Å². The minimum Gasteiger partial charge on any atom is -0.294 e. The van der Waals surface area contributed by atoms with Crippen LogP contribution in [0.1, 0.15) is 35.2 Å². The van der Waals surface area contributed by atoms with E-state index in [1.807, 2.05) is 36.4 Å². The molecule has 0 N–H and O–H groups in total. The SMILES string of the molecule is CC(C#N)(C#N)C1CC(=O)c2cc3ccccc3cc21. The van der Waals surface area contributed by atoms with Crippen molar-refractivity contribution < 1.29 is 4.79 Å². The summed E-state index contributed by atoms with van der Waals surface area (Å²) in [6.07, 6.45) is 0.239. The molecule has 1 unspecified atom stereocenters. The molecule has 0 aliphatic heterocycles. The quantitative estimate of drug-likeness (QED) is 0.787. The molecular weight excluding hydrogens is 248 g/mol. The molecule has 0 heterocycles. The van der Waals surface area contributed by atoms with E-state index in [2.05, 4.69) is 12.1 Å². The molecule has 0 spiro atoms. The Bertz CT molecular complexity index is 794. The predicted octanol–water partition coefficient (Wildman–Crippen LogP) is 3.56. The number of rotatable bonds is 1. The fourth-order valence-electron chi connectivity index (χ4n) is 2.89. The number of carbonyl (C=O) groups excluding carboxylic acids is 1. The molecule has 3 rings (SSSR count). The third kappa shape index (κ3) is 1.61. The average Bonchev–Trinajstić information content (AvgIpc) is 2.81. The number of nitriles is 2. The van der Waals surface area contributed by atoms with E-state index in [4.69, 9.17) is 0 Å². The molecule has 3 nitrogen and oxygen atoms in total. The second-order valence-corrected chi connectivity index (χ2v) is 5.39. The van der Waals surface area contributed by atoms with Crippen LogP contribution in [0.15, 0.2) is 36.4 Å². The Hall–Kier alpha value is -2.65. The maximum Gasteiger partial charge on any atom is 0.163 e. The zero-order valence-electron chi connectivity index (χ0n) is 11.1. The van der Waals surface area contributed by atoms with Gasteiger partial charge in [-0.15, -0.1) is 0 Å². The molecule has 1 aliphatic rings. The largest absolute Gasteiger partial charge is 0.294 e. The highest BCUT2D eigenvalue weighted by molar-refractivity contribution is 6.05. The zero-order chi connectivity index (χ0) is 14.3. The lowest BCUT2D eigenvalue weighted by Gasteiger charge is -2.21. The standard InChI is InChI=1S/C17H12N2O/c1-17(9-18,10-19)15-8-16(20)14-7-12-5-3-2-4-11(12)6-13(14)15/h2-7,15H,8H2,1H3. The molecule has 0 amide bonds. The third-order valence-corrected chi connectivity index (χ3v) is 4.14. The van der Waals surface area contributed by atoms with Crippen LogP contribution in [0.2, 0.25) is 0 Å². The Balaban J connectivity index is 2.26. The van der Waals surface area contributed by atoms with Gasteiger partial charge in [-0.25, -0.2) is 0 Å². The van der Waals surface area contributed by atoms with E-state index in [0.717, 1.165) is 16.3 Å². The highest BCUT2D eigenvalue weighted by atomic mass is 16.1. The van der Waals surface area contributed by atoms with Gasteiger partial charge in [0.1, 0.15) is 5.41 Å². The molecule has 0 fully saturated rings. The normalized spacial score (nSPS) is 17.6. The highest BCUT2D eigenvalue weighted by Crippen LogP contribution is 2.45. The number of hydrogen-bond acceptors (Lipinski definition) is 3. The second-order valence-electron chi connectivity index (χ2n) is 5.39. The molecule has 2 aromatic rings. The van der Waals surface area contributed by atoms with Crippen LogP contribution in [-0.2, 0) is 0 Å². The summed E-state index contributed by atoms with van der Waals surface area (Å²) in [5.74, 6) is -0.322. The number of nitrogens with zero attached hydrogens (tertiary/aromatic N) is 2. The van der Waals surface area contributed by atoms with Crippen molar-refractivity contribution in [2.24, 2.45) is 5.41 Å². The molecule has 20 heavy (non-hydrogen) atoms. The van der Waals surface area contributed by atoms with E-state index in [1.54, 1.807) is 6.92 Å². The van der Waals surface area contributed by atoms with E-state index < -0.39 is 5.41 Å². The van der Waals surface area contributed by atoms with Crippen molar-refractivity contribution >= 4 is 16.6 Å². The summed E-state index contributed by atoms with van der Waals surface area (Å²) >= 11 is 0. The number of Topliss-reactive ketones (excluding diaryl/α,β-unsaturated/α-hetero) is 1. The molecule has 0 saturated heterocycles. The maximum atomic E-state index is 12.2. The summed E-state index contributed by atoms with van der Waals surface area (Å²) < 4.78 is 0. The van der Waals surface area contributed by atoms with Crippen LogP contribution in [-0.4, -0.2) is 5.78 Å². The Labute approximate surface area is 117 Å². The second kappa shape index (κ2) is 4.18. The molecule has 0 aromatic heterocycles. The summed E-state index contributed by atoms with van der Waals surface area (Å²) in [4.78, 5) is 12.2. The van der Waals surface area contributed by atoms with E-state index in [1.165, 1.54) is 0 Å². The van der Waals surface area contributed by atoms with Gasteiger partial charge < -0.3 is 0 Å². The van der Waals surface area contributed by atoms with Gasteiger partial charge in [0, 0.05) is 17.9 Å². The van der Waals surface area contributed by atoms with Gasteiger partial charge in [-0.1, -0.05) is 30.3 Å². The van der Waals surface area contributed by atoms with E-state index >= 15 is 0 Å². The fraction of sp³-hybridized carbons (Fsp3) is 0.235. The predicted molar refractivity (Wildman–Crippen MR) is 75.0 cm³/mol. The van der Waals surface area contributed by atoms with Crippen molar-refractivity contribution in [1.82, 2.24) is 0 Å². The summed E-state index contributed by atoms with van der Waals surface area (Å²) in [5.41, 5.74) is 0.327. The van der Waals surface area contributed by atoms with Gasteiger partial charge in [0.2, 0.25) is 0 Å². The van der Waals surface area contributed by atoms with E-state index in [0.29, 0.717) is 5.56 Å². The molecule has 3 heteroatoms. The van der Waals surface area contributed by atoms with Gasteiger partial charge >= 0.3 is 0 Å². The number of carbonyl (C=O) groups is 1. The monoisotopic (exact) mass is 260 g/mol. The van der Waals surface area contributed by atoms with Crippen molar-refractivity contribution in [2.75, 3.05) is 0 Å². The van der Waals surface area contributed by atoms with Crippen molar-refractivity contribution in [3.8, 4) is 12.1 Å². The number of hydrogen-bond donors (Lipinski definition) is 0. The van der Waals surface area contributed by atoms with Gasteiger partial charge in [-0.05, 0) is 29.3 Å². The topological polar surface area (TPSA) is 64.7 Å². The smallest absolute Gasteiger partial charge is 0.163 e. The zero-order valence-corrected chi connectivity index (χ0v) is 11.1. The maximum absolute atomic E-state index is 12.2. The van der Waals surface area contributed by atoms with E-state index in [-0.39, 0.29) is 18.1 Å². The van der Waals surface area contributed by atoms with Crippen molar-refractivity contribution in [3.05, 3.63) is 47.5 Å². The van der Waals surface area contributed by atoms with Crippen LogP contribution in [0.25, 0.3) is 10.8 Å². The highest BCUT2D eigenvalue weighted by Gasteiger charge is 2.43. The summed E-state index contributed by atoms with van der Waals surface area (Å²) in [7, 11) is 0. The Kier molecular flexibility index (Phi) is 2.59. The first-order chi connectivity index (χ1) is 9.59. The minimum atomic E-state index is -1.16. The molecule has 1 aliphatic carbocycles. The van der Waals surface area contributed by atoms with Crippen LogP contribution in [0, 0.1) is 28.1 Å². The first-order valence-electron chi connectivity index (χ1n) is 6.47. The number of benzene rings is 2. The molecular formula is C17H12N2O. The summed E-state index contributed by atoms with van der Waals surface area (Å²) in [6.45, 7) is 1.61. The van der Waals surface area contributed by atoms with Crippen LogP contribution >= 0.6 is 0 Å². The molecule has 0 bridgehead atoms. The van der Waals surface area contributed by atoms with Crippen molar-refractivity contribution in [3.63, 3.8) is 0 Å². The number of fused-ring (bicyclic) bond motifs is 2. The molecule has 1 atom stereocenters. The lowest BCUT2D eigenvalue weighted by atomic mass is 9.76. The van der Waals surface area contributed by atoms with Crippen LogP contribution in [0.4, 0.5) is 0 Å². The first-order valence-corrected chi connectivity index (χ1v) is 6.47. The third-order valence-electron chi connectivity index (χ3n) is 4.14. The van der Waals surface area contributed by atoms with Gasteiger partial charge in [0.25, 0.3) is 0 Å². The fourth-order valence-corrected chi connectivity index (χ4v) is 2.89. The summed E-state index contributed by atoms with van der Waals surface area (Å²) in [6, 6.07) is 15.8.